The van der Waals surface area contributed by atoms with Crippen LogP contribution in [0.2, 0.25) is 0 Å². The number of nitrogens with zero attached hydrogens (tertiary/aromatic N) is 2. The molecule has 0 saturated carbocycles. The van der Waals surface area contributed by atoms with E-state index in [1.165, 1.54) is 10.7 Å². The van der Waals surface area contributed by atoms with Crippen LogP contribution in [0.3, 0.4) is 0 Å². The average Bonchev–Trinajstić information content (AvgIpc) is 2.94. The molecule has 8 heteroatoms. The van der Waals surface area contributed by atoms with Crippen molar-refractivity contribution in [2.24, 2.45) is 0 Å². The fraction of sp³-hybridized carbons (Fsp3) is 0.333. The van der Waals surface area contributed by atoms with Crippen molar-refractivity contribution < 1.29 is 13.9 Å². The van der Waals surface area contributed by atoms with E-state index in [0.29, 0.717) is 31.1 Å². The summed E-state index contributed by atoms with van der Waals surface area (Å²) in [6, 6.07) is 4.11. The second kappa shape index (κ2) is 7.54. The maximum Gasteiger partial charge on any atom is 0.243 e. The van der Waals surface area contributed by atoms with E-state index in [0.717, 1.165) is 5.56 Å². The molecule has 0 bridgehead atoms. The maximum atomic E-state index is 14.2. The quantitative estimate of drug-likeness (QED) is 0.892. The molecule has 1 unspecified atom stereocenters. The zero-order valence-corrected chi connectivity index (χ0v) is 13.4. The fourth-order valence-corrected chi connectivity index (χ4v) is 2.28. The predicted molar refractivity (Wildman–Crippen MR) is 86.7 cm³/mol. The van der Waals surface area contributed by atoms with E-state index in [1.807, 2.05) is 6.92 Å². The van der Waals surface area contributed by atoms with Gasteiger partial charge in [0.25, 0.3) is 0 Å². The van der Waals surface area contributed by atoms with E-state index in [1.54, 1.807) is 24.5 Å². The number of carbonyl (C=O) groups is 1. The summed E-state index contributed by atoms with van der Waals surface area (Å²) in [6.07, 6.45) is 3.39. The number of nitrogens with one attached hydrogen (secondary N) is 2. The van der Waals surface area contributed by atoms with Gasteiger partial charge in [-0.2, -0.15) is 5.10 Å². The summed E-state index contributed by atoms with van der Waals surface area (Å²) in [5.41, 5.74) is 1.69. The molecule has 1 aliphatic rings. The summed E-state index contributed by atoms with van der Waals surface area (Å²) in [4.78, 5) is 12.0. The summed E-state index contributed by atoms with van der Waals surface area (Å²) in [5.74, 6) is -0.685. The number of morpholine rings is 1. The third kappa shape index (κ3) is 4.07. The van der Waals surface area contributed by atoms with Crippen molar-refractivity contribution in [3.8, 4) is 5.69 Å². The zero-order valence-electron chi connectivity index (χ0n) is 12.6. The molecule has 0 aliphatic carbocycles. The summed E-state index contributed by atoms with van der Waals surface area (Å²) in [6.45, 7) is 3.43. The van der Waals surface area contributed by atoms with Crippen LogP contribution < -0.4 is 10.6 Å². The van der Waals surface area contributed by atoms with Crippen molar-refractivity contribution in [3.63, 3.8) is 0 Å². The number of aromatic nitrogens is 2. The second-order valence-corrected chi connectivity index (χ2v) is 5.20. The highest BCUT2D eigenvalue weighted by atomic mass is 35.5. The van der Waals surface area contributed by atoms with Gasteiger partial charge in [-0.3, -0.25) is 4.79 Å². The molecule has 1 aromatic heterocycles. The Balaban J connectivity index is 0.00000192. The molecule has 2 N–H and O–H groups in total. The van der Waals surface area contributed by atoms with E-state index in [2.05, 4.69) is 15.7 Å². The Morgan fingerprint density at radius 2 is 2.35 bits per heavy atom. The summed E-state index contributed by atoms with van der Waals surface area (Å²) in [7, 11) is 0. The molecule has 1 aliphatic heterocycles. The molecule has 23 heavy (non-hydrogen) atoms. The van der Waals surface area contributed by atoms with Crippen LogP contribution in [0.4, 0.5) is 10.1 Å². The monoisotopic (exact) mass is 340 g/mol. The fourth-order valence-electron chi connectivity index (χ4n) is 2.28. The van der Waals surface area contributed by atoms with Crippen molar-refractivity contribution in [2.75, 3.05) is 25.1 Å². The Bertz CT molecular complexity index is 686. The van der Waals surface area contributed by atoms with Crippen LogP contribution in [0.5, 0.6) is 0 Å². The third-order valence-electron chi connectivity index (χ3n) is 3.41. The highest BCUT2D eigenvalue weighted by Crippen LogP contribution is 2.18. The number of hydrogen-bond donors (Lipinski definition) is 2. The summed E-state index contributed by atoms with van der Waals surface area (Å²) >= 11 is 0. The van der Waals surface area contributed by atoms with Gasteiger partial charge < -0.3 is 15.4 Å². The van der Waals surface area contributed by atoms with E-state index in [-0.39, 0.29) is 18.3 Å². The lowest BCUT2D eigenvalue weighted by Gasteiger charge is -2.22. The summed E-state index contributed by atoms with van der Waals surface area (Å²) < 4.78 is 20.9. The predicted octanol–water partition coefficient (Wildman–Crippen LogP) is 1.67. The number of hydrogen-bond acceptors (Lipinski definition) is 4. The van der Waals surface area contributed by atoms with Crippen LogP contribution in [-0.4, -0.2) is 41.5 Å². The molecule has 1 amide bonds. The molecule has 3 rings (SSSR count). The number of rotatable bonds is 3. The molecule has 1 atom stereocenters. The molecular formula is C15H18ClFN4O2. The average molecular weight is 341 g/mol. The first-order valence-corrected chi connectivity index (χ1v) is 7.06. The molecular weight excluding hydrogens is 323 g/mol. The minimum absolute atomic E-state index is 0. The first-order valence-electron chi connectivity index (χ1n) is 7.06. The van der Waals surface area contributed by atoms with Crippen molar-refractivity contribution in [1.82, 2.24) is 15.1 Å². The van der Waals surface area contributed by atoms with Gasteiger partial charge in [0.05, 0.1) is 19.4 Å². The number of halogens is 2. The van der Waals surface area contributed by atoms with Gasteiger partial charge in [0.15, 0.2) is 5.82 Å². The number of ether oxygens (including phenoxy) is 1. The van der Waals surface area contributed by atoms with E-state index >= 15 is 0 Å². The molecule has 124 valence electrons. The SMILES string of the molecule is Cc1cnn(-c2ccc(NC(=O)C3COCCN3)cc2F)c1.Cl. The highest BCUT2D eigenvalue weighted by Gasteiger charge is 2.21. The van der Waals surface area contributed by atoms with Gasteiger partial charge in [-0.05, 0) is 30.7 Å². The number of aryl methyl sites for hydroxylation is 1. The Morgan fingerprint density at radius 1 is 1.52 bits per heavy atom. The minimum atomic E-state index is -0.450. The number of anilines is 1. The lowest BCUT2D eigenvalue weighted by Crippen LogP contribution is -2.48. The van der Waals surface area contributed by atoms with Gasteiger partial charge in [0, 0.05) is 18.4 Å². The zero-order chi connectivity index (χ0) is 15.5. The summed E-state index contributed by atoms with van der Waals surface area (Å²) in [5, 5.41) is 9.81. The number of carbonyl (C=O) groups excluding carboxylic acids is 1. The molecule has 1 saturated heterocycles. The smallest absolute Gasteiger partial charge is 0.243 e. The van der Waals surface area contributed by atoms with Crippen LogP contribution in [0.25, 0.3) is 5.69 Å². The number of amides is 1. The highest BCUT2D eigenvalue weighted by molar-refractivity contribution is 5.95. The Kier molecular flexibility index (Phi) is 5.70. The standard InChI is InChI=1S/C15H17FN4O2.ClH/c1-10-7-18-20(8-10)14-3-2-11(6-12(14)16)19-15(21)13-9-22-5-4-17-13;/h2-3,6-8,13,17H,4-5,9H2,1H3,(H,19,21);1H. The van der Waals surface area contributed by atoms with Crippen LogP contribution >= 0.6 is 12.4 Å². The van der Waals surface area contributed by atoms with Crippen molar-refractivity contribution in [1.29, 1.82) is 0 Å². The molecule has 1 aromatic carbocycles. The molecule has 2 heterocycles. The molecule has 0 spiro atoms. The van der Waals surface area contributed by atoms with Crippen LogP contribution in [0.15, 0.2) is 30.6 Å². The Morgan fingerprint density at radius 3 is 2.96 bits per heavy atom. The van der Waals surface area contributed by atoms with Crippen molar-refractivity contribution in [3.05, 3.63) is 42.0 Å². The lowest BCUT2D eigenvalue weighted by atomic mass is 10.2. The van der Waals surface area contributed by atoms with Gasteiger partial charge in [0.1, 0.15) is 11.7 Å². The largest absolute Gasteiger partial charge is 0.378 e. The van der Waals surface area contributed by atoms with Crippen molar-refractivity contribution in [2.45, 2.75) is 13.0 Å². The maximum absolute atomic E-state index is 14.2. The van der Waals surface area contributed by atoms with E-state index in [9.17, 15) is 9.18 Å². The van der Waals surface area contributed by atoms with Crippen LogP contribution in [-0.2, 0) is 9.53 Å². The van der Waals surface area contributed by atoms with Gasteiger partial charge >= 0.3 is 0 Å². The molecule has 6 nitrogen and oxygen atoms in total. The van der Waals surface area contributed by atoms with Gasteiger partial charge in [-0.1, -0.05) is 0 Å². The normalized spacial score (nSPS) is 17.4. The topological polar surface area (TPSA) is 68.2 Å². The lowest BCUT2D eigenvalue weighted by molar-refractivity contribution is -0.120. The van der Waals surface area contributed by atoms with E-state index < -0.39 is 11.9 Å². The molecule has 0 radical (unpaired) electrons. The Labute approximate surface area is 139 Å². The minimum Gasteiger partial charge on any atom is -0.378 e. The second-order valence-electron chi connectivity index (χ2n) is 5.20. The van der Waals surface area contributed by atoms with Crippen LogP contribution in [0, 0.1) is 12.7 Å². The van der Waals surface area contributed by atoms with Gasteiger partial charge in [-0.15, -0.1) is 12.4 Å². The first-order chi connectivity index (χ1) is 10.6. The number of benzene rings is 1. The van der Waals surface area contributed by atoms with Crippen LogP contribution in [0.1, 0.15) is 5.56 Å². The first kappa shape index (κ1) is 17.4. The third-order valence-corrected chi connectivity index (χ3v) is 3.41. The van der Waals surface area contributed by atoms with Gasteiger partial charge in [-0.25, -0.2) is 9.07 Å². The van der Waals surface area contributed by atoms with Gasteiger partial charge in [0.2, 0.25) is 5.91 Å². The molecule has 2 aromatic rings. The van der Waals surface area contributed by atoms with Crippen molar-refractivity contribution >= 4 is 24.0 Å². The Hall–Kier alpha value is -1.96. The van der Waals surface area contributed by atoms with E-state index in [4.69, 9.17) is 4.74 Å². The molecule has 1 fully saturated rings.